The third kappa shape index (κ3) is 8.22. The van der Waals surface area contributed by atoms with Crippen molar-refractivity contribution in [2.45, 2.75) is 82.7 Å². The number of nitrogens with two attached hydrogens (primary N) is 1. The first-order chi connectivity index (χ1) is 16.2. The van der Waals surface area contributed by atoms with E-state index in [1.54, 1.807) is 0 Å². The quantitative estimate of drug-likeness (QED) is 0.415. The van der Waals surface area contributed by atoms with E-state index in [2.05, 4.69) is 55.7 Å². The summed E-state index contributed by atoms with van der Waals surface area (Å²) >= 11 is 1.88. The second-order valence-corrected chi connectivity index (χ2v) is 10.4. The maximum absolute atomic E-state index is 11.6. The molecule has 2 aromatic rings. The van der Waals surface area contributed by atoms with E-state index in [1.807, 2.05) is 35.6 Å². The average molecular weight is 488 g/mol. The largest absolute Gasteiger partial charge is 0.481 e. The zero-order chi connectivity index (χ0) is 25.1. The van der Waals surface area contributed by atoms with Gasteiger partial charge >= 0.3 is 5.97 Å². The minimum Gasteiger partial charge on any atom is -0.481 e. The molecule has 1 aromatic heterocycles. The Morgan fingerprint density at radius 1 is 1.18 bits per heavy atom. The van der Waals surface area contributed by atoms with Gasteiger partial charge in [-0.2, -0.15) is 0 Å². The summed E-state index contributed by atoms with van der Waals surface area (Å²) in [7, 11) is 4.38. The number of carboxylic acids is 1. The molecule has 0 radical (unpaired) electrons. The van der Waals surface area contributed by atoms with Crippen LogP contribution in [0.3, 0.4) is 0 Å². The van der Waals surface area contributed by atoms with E-state index in [4.69, 9.17) is 10.8 Å². The summed E-state index contributed by atoms with van der Waals surface area (Å²) in [5.74, 6) is -0.497. The van der Waals surface area contributed by atoms with Crippen LogP contribution in [0.5, 0.6) is 0 Å². The van der Waals surface area contributed by atoms with Crippen LogP contribution in [0.2, 0.25) is 0 Å². The summed E-state index contributed by atoms with van der Waals surface area (Å²) in [6.45, 7) is 4.31. The van der Waals surface area contributed by atoms with Crippen LogP contribution < -0.4 is 11.1 Å². The molecule has 3 rings (SSSR count). The molecule has 1 unspecified atom stereocenters. The lowest BCUT2D eigenvalue weighted by molar-refractivity contribution is -0.137. The molecule has 188 valence electrons. The maximum Gasteiger partial charge on any atom is 0.303 e. The van der Waals surface area contributed by atoms with Gasteiger partial charge in [-0.25, -0.2) is 0 Å². The topological polar surface area (TPSA) is 95.7 Å². The fourth-order valence-electron chi connectivity index (χ4n) is 4.33. The zero-order valence-corrected chi connectivity index (χ0v) is 21.9. The van der Waals surface area contributed by atoms with Crippen molar-refractivity contribution in [1.29, 1.82) is 0 Å². The minimum atomic E-state index is -0.870. The van der Waals surface area contributed by atoms with Crippen molar-refractivity contribution in [3.8, 4) is 0 Å². The molecule has 34 heavy (non-hydrogen) atoms. The molecule has 1 heterocycles. The van der Waals surface area contributed by atoms with Crippen LogP contribution in [0.15, 0.2) is 41.8 Å². The number of amides is 1. The number of benzene rings is 1. The van der Waals surface area contributed by atoms with Gasteiger partial charge in [0.2, 0.25) is 5.91 Å². The van der Waals surface area contributed by atoms with Gasteiger partial charge in [-0.1, -0.05) is 32.0 Å². The van der Waals surface area contributed by atoms with Gasteiger partial charge in [0.05, 0.1) is 5.54 Å². The normalized spacial score (nSPS) is 20.8. The van der Waals surface area contributed by atoms with Crippen LogP contribution in [0.1, 0.15) is 81.6 Å². The minimum absolute atomic E-state index is 0.0281. The molecule has 0 aliphatic heterocycles. The van der Waals surface area contributed by atoms with Crippen molar-refractivity contribution in [1.82, 2.24) is 4.90 Å². The van der Waals surface area contributed by atoms with E-state index in [0.717, 1.165) is 24.9 Å². The number of hydrogen-bond donors (Lipinski definition) is 3. The lowest BCUT2D eigenvalue weighted by Crippen LogP contribution is -2.46. The monoisotopic (exact) mass is 487 g/mol. The third-order valence-electron chi connectivity index (χ3n) is 6.86. The van der Waals surface area contributed by atoms with Gasteiger partial charge < -0.3 is 16.2 Å². The number of nitrogens with zero attached hydrogens (tertiary/aromatic N) is 1. The number of aliphatic carboxylic acids is 1. The fourth-order valence-corrected chi connectivity index (χ4v) is 5.40. The van der Waals surface area contributed by atoms with Crippen molar-refractivity contribution in [2.24, 2.45) is 5.73 Å². The Morgan fingerprint density at radius 2 is 1.82 bits per heavy atom. The van der Waals surface area contributed by atoms with Gasteiger partial charge in [0.25, 0.3) is 0 Å². The van der Waals surface area contributed by atoms with Crippen LogP contribution in [-0.2, 0) is 15.1 Å². The molecule has 7 heteroatoms. The highest BCUT2D eigenvalue weighted by atomic mass is 32.1. The van der Waals surface area contributed by atoms with E-state index >= 15 is 0 Å². The molecular weight excluding hydrogens is 446 g/mol. The van der Waals surface area contributed by atoms with Crippen LogP contribution in [0.25, 0.3) is 0 Å². The van der Waals surface area contributed by atoms with Crippen molar-refractivity contribution in [2.75, 3.05) is 19.4 Å². The van der Waals surface area contributed by atoms with E-state index in [1.165, 1.54) is 23.3 Å². The standard InChI is InChI=1S/C15H21NO3.C12H20N2S/c1-3-11(2)12-7-9-13(10-8-12)16-14(17)5-4-6-15(18)19;1-14(2)12(11-4-3-9-15-11)7-5-10(13)6-8-12/h7-11H,3-6H2,1-2H3,(H,16,17)(H,18,19);3-4,9-10H,5-8,13H2,1-2H3. The Balaban J connectivity index is 0.000000246. The van der Waals surface area contributed by atoms with Crippen LogP contribution in [0, 0.1) is 0 Å². The Hall–Kier alpha value is -2.22. The molecule has 1 aliphatic rings. The first-order valence-corrected chi connectivity index (χ1v) is 13.1. The van der Waals surface area contributed by atoms with E-state index in [9.17, 15) is 9.59 Å². The summed E-state index contributed by atoms with van der Waals surface area (Å²) in [6, 6.07) is 12.6. The zero-order valence-electron chi connectivity index (χ0n) is 21.0. The highest BCUT2D eigenvalue weighted by Gasteiger charge is 2.38. The van der Waals surface area contributed by atoms with E-state index in [0.29, 0.717) is 18.4 Å². The molecule has 0 spiro atoms. The number of anilines is 1. The van der Waals surface area contributed by atoms with Crippen molar-refractivity contribution < 1.29 is 14.7 Å². The second kappa shape index (κ2) is 13.6. The Bertz CT molecular complexity index is 873. The smallest absolute Gasteiger partial charge is 0.303 e. The molecule has 0 saturated heterocycles. The summed E-state index contributed by atoms with van der Waals surface area (Å²) < 4.78 is 0. The molecule has 1 atom stereocenters. The number of carboxylic acid groups (broad SMARTS) is 1. The Labute approximate surface area is 208 Å². The molecule has 1 fully saturated rings. The van der Waals surface area contributed by atoms with E-state index < -0.39 is 5.97 Å². The van der Waals surface area contributed by atoms with Crippen molar-refractivity contribution in [3.05, 3.63) is 52.2 Å². The second-order valence-electron chi connectivity index (χ2n) is 9.47. The van der Waals surface area contributed by atoms with Gasteiger partial charge in [-0.3, -0.25) is 14.5 Å². The predicted molar refractivity (Wildman–Crippen MR) is 141 cm³/mol. The molecule has 6 nitrogen and oxygen atoms in total. The molecule has 4 N–H and O–H groups in total. The van der Waals surface area contributed by atoms with Crippen molar-refractivity contribution in [3.63, 3.8) is 0 Å². The first-order valence-electron chi connectivity index (χ1n) is 12.3. The lowest BCUT2D eigenvalue weighted by atomic mass is 9.78. The molecular formula is C27H41N3O3S. The van der Waals surface area contributed by atoms with Gasteiger partial charge in [0.1, 0.15) is 0 Å². The van der Waals surface area contributed by atoms with E-state index in [-0.39, 0.29) is 24.3 Å². The number of carbonyl (C=O) groups is 2. The maximum atomic E-state index is 11.6. The summed E-state index contributed by atoms with van der Waals surface area (Å²) in [5.41, 5.74) is 8.26. The molecule has 1 aromatic carbocycles. The Kier molecular flexibility index (Phi) is 11.2. The van der Waals surface area contributed by atoms with Gasteiger partial charge in [0, 0.05) is 29.4 Å². The lowest BCUT2D eigenvalue weighted by Gasteiger charge is -2.44. The molecule has 1 amide bonds. The Morgan fingerprint density at radius 3 is 2.32 bits per heavy atom. The number of nitrogens with one attached hydrogen (secondary N) is 1. The highest BCUT2D eigenvalue weighted by Crippen LogP contribution is 2.42. The fraction of sp³-hybridized carbons (Fsp3) is 0.556. The number of hydrogen-bond acceptors (Lipinski definition) is 5. The first kappa shape index (κ1) is 28.0. The summed E-state index contributed by atoms with van der Waals surface area (Å²) in [4.78, 5) is 25.8. The number of rotatable bonds is 9. The van der Waals surface area contributed by atoms with Gasteiger partial charge in [-0.05, 0) is 87.7 Å². The van der Waals surface area contributed by atoms with Gasteiger partial charge in [-0.15, -0.1) is 11.3 Å². The third-order valence-corrected chi connectivity index (χ3v) is 7.93. The molecule has 1 aliphatic carbocycles. The SMILES string of the molecule is CCC(C)c1ccc(NC(=O)CCCC(=O)O)cc1.CN(C)C1(c2cccs2)CCC(N)CC1. The predicted octanol–water partition coefficient (Wildman–Crippen LogP) is 5.80. The van der Waals surface area contributed by atoms with Crippen LogP contribution in [0.4, 0.5) is 5.69 Å². The summed E-state index contributed by atoms with van der Waals surface area (Å²) in [6.07, 6.45) is 6.41. The number of carbonyl (C=O) groups excluding carboxylic acids is 1. The van der Waals surface area contributed by atoms with Gasteiger partial charge in [0.15, 0.2) is 0 Å². The van der Waals surface area contributed by atoms with Crippen LogP contribution in [-0.4, -0.2) is 42.0 Å². The number of thiophene rings is 1. The molecule has 1 saturated carbocycles. The summed E-state index contributed by atoms with van der Waals surface area (Å²) in [5, 5.41) is 13.4. The average Bonchev–Trinajstić information content (AvgIpc) is 3.35. The van der Waals surface area contributed by atoms with Crippen LogP contribution >= 0.6 is 11.3 Å². The highest BCUT2D eigenvalue weighted by molar-refractivity contribution is 7.10. The molecule has 0 bridgehead atoms. The van der Waals surface area contributed by atoms with Crippen molar-refractivity contribution >= 4 is 28.9 Å².